The SMILES string of the molecule is Cc1nn(Cc2ccccc2)c(C)c1NC(=O)c1noc2c1CC(C(C)(C)C)CC2. The third kappa shape index (κ3) is 3.91. The first-order valence-electron chi connectivity index (χ1n) is 10.6. The maximum absolute atomic E-state index is 13.1. The lowest BCUT2D eigenvalue weighted by molar-refractivity contribution is 0.101. The Bertz CT molecular complexity index is 1060. The molecule has 0 saturated heterocycles. The molecule has 1 N–H and O–H groups in total. The first kappa shape index (κ1) is 20.4. The monoisotopic (exact) mass is 406 g/mol. The number of anilines is 1. The number of fused-ring (bicyclic) bond motifs is 1. The molecule has 0 radical (unpaired) electrons. The van der Waals surface area contributed by atoms with Crippen LogP contribution < -0.4 is 5.32 Å². The summed E-state index contributed by atoms with van der Waals surface area (Å²) in [4.78, 5) is 13.1. The Kier molecular flexibility index (Phi) is 5.26. The zero-order valence-corrected chi connectivity index (χ0v) is 18.5. The van der Waals surface area contributed by atoms with Gasteiger partial charge in [0.25, 0.3) is 5.91 Å². The molecule has 1 aromatic carbocycles. The number of nitrogens with one attached hydrogen (secondary N) is 1. The Morgan fingerprint density at radius 2 is 1.97 bits per heavy atom. The Balaban J connectivity index is 1.55. The molecule has 6 nitrogen and oxygen atoms in total. The third-order valence-corrected chi connectivity index (χ3v) is 6.27. The number of carbonyl (C=O) groups is 1. The lowest BCUT2D eigenvalue weighted by Gasteiger charge is -2.33. The molecule has 6 heteroatoms. The van der Waals surface area contributed by atoms with E-state index in [9.17, 15) is 4.79 Å². The second-order valence-corrected chi connectivity index (χ2v) is 9.38. The highest BCUT2D eigenvalue weighted by atomic mass is 16.5. The van der Waals surface area contributed by atoms with Crippen molar-refractivity contribution >= 4 is 11.6 Å². The van der Waals surface area contributed by atoms with Gasteiger partial charge in [0.05, 0.1) is 23.6 Å². The van der Waals surface area contributed by atoms with Crippen LogP contribution >= 0.6 is 0 Å². The van der Waals surface area contributed by atoms with Crippen molar-refractivity contribution in [3.05, 3.63) is 64.3 Å². The molecule has 4 rings (SSSR count). The number of hydrogen-bond acceptors (Lipinski definition) is 4. The lowest BCUT2D eigenvalue weighted by atomic mass is 9.71. The molecule has 0 fully saturated rings. The van der Waals surface area contributed by atoms with E-state index < -0.39 is 0 Å². The molecule has 30 heavy (non-hydrogen) atoms. The molecule has 1 unspecified atom stereocenters. The maximum Gasteiger partial charge on any atom is 0.278 e. The van der Waals surface area contributed by atoms with Gasteiger partial charge in [-0.15, -0.1) is 0 Å². The van der Waals surface area contributed by atoms with Crippen molar-refractivity contribution in [3.63, 3.8) is 0 Å². The highest BCUT2D eigenvalue weighted by molar-refractivity contribution is 6.04. The molecule has 1 aliphatic carbocycles. The fourth-order valence-corrected chi connectivity index (χ4v) is 4.28. The zero-order valence-electron chi connectivity index (χ0n) is 18.5. The summed E-state index contributed by atoms with van der Waals surface area (Å²) in [5.41, 5.74) is 5.19. The van der Waals surface area contributed by atoms with Crippen LogP contribution in [0.25, 0.3) is 0 Å². The molecule has 0 saturated carbocycles. The van der Waals surface area contributed by atoms with Crippen LogP contribution in [-0.4, -0.2) is 20.8 Å². The number of nitrogens with zero attached hydrogens (tertiary/aromatic N) is 3. The summed E-state index contributed by atoms with van der Waals surface area (Å²) in [5, 5.41) is 11.8. The number of rotatable bonds is 4. The van der Waals surface area contributed by atoms with Gasteiger partial charge in [-0.05, 0) is 43.6 Å². The molecule has 0 spiro atoms. The average Bonchev–Trinajstić information content (AvgIpc) is 3.24. The number of aromatic nitrogens is 3. The standard InChI is InChI=1S/C24H30N4O2/c1-15-21(16(2)28(26-15)14-17-9-7-6-8-10-17)25-23(29)22-19-13-18(24(3,4)5)11-12-20(19)30-27-22/h6-10,18H,11-14H2,1-5H3,(H,25,29). The van der Waals surface area contributed by atoms with E-state index in [1.807, 2.05) is 36.7 Å². The Labute approximate surface area is 177 Å². The van der Waals surface area contributed by atoms with Gasteiger partial charge in [-0.25, -0.2) is 0 Å². The van der Waals surface area contributed by atoms with Crippen molar-refractivity contribution in [2.24, 2.45) is 11.3 Å². The van der Waals surface area contributed by atoms with Crippen LogP contribution in [0.3, 0.4) is 0 Å². The predicted octanol–water partition coefficient (Wildman–Crippen LogP) is 4.94. The summed E-state index contributed by atoms with van der Waals surface area (Å²) >= 11 is 0. The molecular weight excluding hydrogens is 376 g/mol. The predicted molar refractivity (Wildman–Crippen MR) is 117 cm³/mol. The van der Waals surface area contributed by atoms with Crippen LogP contribution in [0.15, 0.2) is 34.9 Å². The van der Waals surface area contributed by atoms with Crippen molar-refractivity contribution in [1.29, 1.82) is 0 Å². The molecule has 0 bridgehead atoms. The summed E-state index contributed by atoms with van der Waals surface area (Å²) < 4.78 is 7.44. The zero-order chi connectivity index (χ0) is 21.5. The van der Waals surface area contributed by atoms with E-state index >= 15 is 0 Å². The van der Waals surface area contributed by atoms with E-state index in [4.69, 9.17) is 4.52 Å². The first-order valence-corrected chi connectivity index (χ1v) is 10.6. The van der Waals surface area contributed by atoms with Gasteiger partial charge in [0.2, 0.25) is 0 Å². The van der Waals surface area contributed by atoms with Gasteiger partial charge in [-0.2, -0.15) is 5.10 Å². The van der Waals surface area contributed by atoms with Crippen molar-refractivity contribution in [1.82, 2.24) is 14.9 Å². The van der Waals surface area contributed by atoms with Crippen LogP contribution in [0.2, 0.25) is 0 Å². The fraction of sp³-hybridized carbons (Fsp3) is 0.458. The van der Waals surface area contributed by atoms with Crippen LogP contribution in [0.1, 0.15) is 66.0 Å². The highest BCUT2D eigenvalue weighted by Crippen LogP contribution is 2.38. The van der Waals surface area contributed by atoms with E-state index in [0.717, 1.165) is 47.7 Å². The Morgan fingerprint density at radius 3 is 2.67 bits per heavy atom. The van der Waals surface area contributed by atoms with Crippen LogP contribution in [0.5, 0.6) is 0 Å². The Morgan fingerprint density at radius 1 is 1.23 bits per heavy atom. The number of amides is 1. The molecule has 3 aromatic rings. The van der Waals surface area contributed by atoms with Gasteiger partial charge < -0.3 is 9.84 Å². The molecule has 0 aliphatic heterocycles. The van der Waals surface area contributed by atoms with Crippen molar-refractivity contribution in [2.75, 3.05) is 5.32 Å². The van der Waals surface area contributed by atoms with E-state index in [2.05, 4.69) is 48.5 Å². The lowest BCUT2D eigenvalue weighted by Crippen LogP contribution is -2.27. The quantitative estimate of drug-likeness (QED) is 0.666. The minimum atomic E-state index is -0.222. The third-order valence-electron chi connectivity index (χ3n) is 6.27. The molecule has 158 valence electrons. The highest BCUT2D eigenvalue weighted by Gasteiger charge is 2.34. The maximum atomic E-state index is 13.1. The second kappa shape index (κ2) is 7.74. The van der Waals surface area contributed by atoms with Crippen LogP contribution in [0, 0.1) is 25.2 Å². The summed E-state index contributed by atoms with van der Waals surface area (Å²) in [7, 11) is 0. The molecule has 2 aromatic heterocycles. The van der Waals surface area contributed by atoms with Gasteiger partial charge in [0.1, 0.15) is 5.76 Å². The minimum absolute atomic E-state index is 0.189. The minimum Gasteiger partial charge on any atom is -0.360 e. The van der Waals surface area contributed by atoms with Crippen molar-refractivity contribution < 1.29 is 9.32 Å². The summed E-state index contributed by atoms with van der Waals surface area (Å²) in [6.07, 6.45) is 2.73. The van der Waals surface area contributed by atoms with E-state index in [1.54, 1.807) is 0 Å². The molecule has 1 atom stereocenters. The average molecular weight is 407 g/mol. The normalized spacial score (nSPS) is 16.4. The fourth-order valence-electron chi connectivity index (χ4n) is 4.28. The molecule has 2 heterocycles. The van der Waals surface area contributed by atoms with Gasteiger partial charge in [0.15, 0.2) is 5.69 Å². The van der Waals surface area contributed by atoms with Gasteiger partial charge >= 0.3 is 0 Å². The molecular formula is C24H30N4O2. The number of hydrogen-bond donors (Lipinski definition) is 1. The van der Waals surface area contributed by atoms with Crippen molar-refractivity contribution in [2.45, 2.75) is 60.4 Å². The van der Waals surface area contributed by atoms with Crippen molar-refractivity contribution in [3.8, 4) is 0 Å². The van der Waals surface area contributed by atoms with Crippen LogP contribution in [-0.2, 0) is 19.4 Å². The number of carbonyl (C=O) groups excluding carboxylic acids is 1. The van der Waals surface area contributed by atoms with E-state index in [-0.39, 0.29) is 11.3 Å². The van der Waals surface area contributed by atoms with Gasteiger partial charge in [-0.3, -0.25) is 9.48 Å². The summed E-state index contributed by atoms with van der Waals surface area (Å²) in [6, 6.07) is 10.2. The smallest absolute Gasteiger partial charge is 0.278 e. The number of aryl methyl sites for hydroxylation is 2. The van der Waals surface area contributed by atoms with Crippen LogP contribution in [0.4, 0.5) is 5.69 Å². The van der Waals surface area contributed by atoms with Gasteiger partial charge in [-0.1, -0.05) is 56.3 Å². The van der Waals surface area contributed by atoms with E-state index in [1.165, 1.54) is 5.56 Å². The number of benzene rings is 1. The molecule has 1 aliphatic rings. The Hall–Kier alpha value is -2.89. The summed E-state index contributed by atoms with van der Waals surface area (Å²) in [6.45, 7) is 11.3. The first-order chi connectivity index (χ1) is 14.2. The largest absolute Gasteiger partial charge is 0.360 e. The van der Waals surface area contributed by atoms with Gasteiger partial charge in [0, 0.05) is 12.0 Å². The molecule has 1 amide bonds. The summed E-state index contributed by atoms with van der Waals surface area (Å²) in [5.74, 6) is 1.14. The topological polar surface area (TPSA) is 73.0 Å². The van der Waals surface area contributed by atoms with E-state index in [0.29, 0.717) is 18.2 Å². The second-order valence-electron chi connectivity index (χ2n) is 9.38.